The standard InChI is InChI=1S/C14H26N2O3Si/c1-5-14(9-10-15,20(17-2,18-3)19-4)12-7-6-8-13(16)11-12/h6-8,11H,5,9-10,15-16H2,1-4H3. The van der Waals surface area contributed by atoms with Crippen LogP contribution in [0.15, 0.2) is 24.3 Å². The van der Waals surface area contributed by atoms with Crippen LogP contribution in [-0.2, 0) is 18.3 Å². The Kier molecular flexibility index (Phi) is 6.16. The van der Waals surface area contributed by atoms with E-state index in [0.29, 0.717) is 18.7 Å². The van der Waals surface area contributed by atoms with Crippen molar-refractivity contribution in [1.29, 1.82) is 0 Å². The molecule has 1 rings (SSSR count). The SMILES string of the molecule is CCC(CCN)(c1cccc(N)c1)[Si](OC)(OC)OC. The second-order valence-electron chi connectivity index (χ2n) is 4.77. The van der Waals surface area contributed by atoms with Gasteiger partial charge in [-0.05, 0) is 37.1 Å². The van der Waals surface area contributed by atoms with Crippen LogP contribution in [0.5, 0.6) is 0 Å². The van der Waals surface area contributed by atoms with Crippen LogP contribution >= 0.6 is 0 Å². The third kappa shape index (κ3) is 2.75. The Balaban J connectivity index is 3.49. The summed E-state index contributed by atoms with van der Waals surface area (Å²) in [7, 11) is 1.98. The lowest BCUT2D eigenvalue weighted by Gasteiger charge is -2.43. The predicted octanol–water partition coefficient (Wildman–Crippen LogP) is 1.68. The van der Waals surface area contributed by atoms with Gasteiger partial charge in [-0.3, -0.25) is 0 Å². The highest BCUT2D eigenvalue weighted by molar-refractivity contribution is 6.64. The van der Waals surface area contributed by atoms with Crippen LogP contribution < -0.4 is 11.5 Å². The summed E-state index contributed by atoms with van der Waals surface area (Å²) in [6, 6.07) is 7.79. The Morgan fingerprint density at radius 3 is 2.15 bits per heavy atom. The Morgan fingerprint density at radius 1 is 1.15 bits per heavy atom. The smallest absolute Gasteiger partial charge is 0.399 e. The lowest BCUT2D eigenvalue weighted by Crippen LogP contribution is -2.62. The molecule has 4 N–H and O–H groups in total. The van der Waals surface area contributed by atoms with Crippen LogP contribution in [0.3, 0.4) is 0 Å². The van der Waals surface area contributed by atoms with Crippen molar-refractivity contribution in [3.8, 4) is 0 Å². The van der Waals surface area contributed by atoms with Crippen LogP contribution in [0.25, 0.3) is 0 Å². The highest BCUT2D eigenvalue weighted by atomic mass is 28.4. The number of nitrogen functional groups attached to an aromatic ring is 1. The average molecular weight is 298 g/mol. The summed E-state index contributed by atoms with van der Waals surface area (Å²) < 4.78 is 17.2. The quantitative estimate of drug-likeness (QED) is 0.564. The van der Waals surface area contributed by atoms with Gasteiger partial charge in [-0.2, -0.15) is 0 Å². The molecular formula is C14H26N2O3Si. The van der Waals surface area contributed by atoms with Gasteiger partial charge >= 0.3 is 8.80 Å². The highest BCUT2D eigenvalue weighted by Crippen LogP contribution is 2.42. The largest absolute Gasteiger partial charge is 0.511 e. The van der Waals surface area contributed by atoms with E-state index in [4.69, 9.17) is 24.7 Å². The fraction of sp³-hybridized carbons (Fsp3) is 0.571. The number of hydrogen-bond donors (Lipinski definition) is 2. The molecule has 0 bridgehead atoms. The molecule has 0 heterocycles. The van der Waals surface area contributed by atoms with Crippen molar-refractivity contribution in [2.24, 2.45) is 5.73 Å². The number of benzene rings is 1. The third-order valence-corrected chi connectivity index (χ3v) is 7.68. The first-order valence-electron chi connectivity index (χ1n) is 6.77. The summed E-state index contributed by atoms with van der Waals surface area (Å²) in [5, 5.41) is -0.393. The van der Waals surface area contributed by atoms with Crippen molar-refractivity contribution < 1.29 is 13.3 Å². The summed E-state index contributed by atoms with van der Waals surface area (Å²) in [5.41, 5.74) is 13.6. The van der Waals surface area contributed by atoms with Gasteiger partial charge in [-0.1, -0.05) is 19.1 Å². The molecule has 20 heavy (non-hydrogen) atoms. The van der Waals surface area contributed by atoms with E-state index in [-0.39, 0.29) is 0 Å². The molecule has 1 unspecified atom stereocenters. The summed E-state index contributed by atoms with van der Waals surface area (Å²) in [6.45, 7) is 2.62. The summed E-state index contributed by atoms with van der Waals surface area (Å²) in [5.74, 6) is 0. The maximum atomic E-state index is 5.94. The second-order valence-corrected chi connectivity index (χ2v) is 8.06. The van der Waals surface area contributed by atoms with Crippen molar-refractivity contribution in [3.05, 3.63) is 29.8 Å². The number of hydrogen-bond acceptors (Lipinski definition) is 5. The summed E-state index contributed by atoms with van der Waals surface area (Å²) in [6.07, 6.45) is 1.52. The Hall–Kier alpha value is -0.923. The molecule has 5 nitrogen and oxygen atoms in total. The van der Waals surface area contributed by atoms with E-state index in [2.05, 4.69) is 6.92 Å². The van der Waals surface area contributed by atoms with Crippen molar-refractivity contribution >= 4 is 14.5 Å². The van der Waals surface area contributed by atoms with Crippen molar-refractivity contribution in [2.45, 2.75) is 24.8 Å². The third-order valence-electron chi connectivity index (χ3n) is 4.01. The van der Waals surface area contributed by atoms with Gasteiger partial charge in [0.2, 0.25) is 0 Å². The normalized spacial score (nSPS) is 15.1. The molecule has 0 aliphatic rings. The monoisotopic (exact) mass is 298 g/mol. The molecule has 0 amide bonds. The minimum absolute atomic E-state index is 0.393. The van der Waals surface area contributed by atoms with Crippen LogP contribution in [0.4, 0.5) is 5.69 Å². The Bertz CT molecular complexity index is 418. The lowest BCUT2D eigenvalue weighted by atomic mass is 9.91. The number of nitrogens with two attached hydrogens (primary N) is 2. The van der Waals surface area contributed by atoms with Crippen LogP contribution in [0.1, 0.15) is 25.3 Å². The summed E-state index contributed by atoms with van der Waals surface area (Å²) in [4.78, 5) is 0. The molecule has 6 heteroatoms. The van der Waals surface area contributed by atoms with Crippen molar-refractivity contribution in [1.82, 2.24) is 0 Å². The summed E-state index contributed by atoms with van der Waals surface area (Å²) >= 11 is 0. The van der Waals surface area contributed by atoms with Crippen LogP contribution in [0, 0.1) is 0 Å². The van der Waals surface area contributed by atoms with Gasteiger partial charge in [0, 0.05) is 27.0 Å². The Labute approximate surface area is 122 Å². The molecule has 0 aliphatic carbocycles. The van der Waals surface area contributed by atoms with E-state index in [9.17, 15) is 0 Å². The van der Waals surface area contributed by atoms with Crippen molar-refractivity contribution in [3.63, 3.8) is 0 Å². The number of rotatable bonds is 8. The van der Waals surface area contributed by atoms with E-state index in [1.54, 1.807) is 21.3 Å². The first-order valence-corrected chi connectivity index (χ1v) is 8.49. The molecule has 1 aromatic rings. The zero-order chi connectivity index (χ0) is 15.2. The van der Waals surface area contributed by atoms with Gasteiger partial charge in [0.15, 0.2) is 0 Å². The first kappa shape index (κ1) is 17.1. The van der Waals surface area contributed by atoms with E-state index < -0.39 is 13.8 Å². The molecule has 0 aromatic heterocycles. The van der Waals surface area contributed by atoms with Gasteiger partial charge in [0.05, 0.1) is 5.04 Å². The second kappa shape index (κ2) is 7.19. The average Bonchev–Trinajstić information content (AvgIpc) is 2.48. The molecule has 0 spiro atoms. The fourth-order valence-electron chi connectivity index (χ4n) is 2.99. The molecule has 0 fully saturated rings. The van der Waals surface area contributed by atoms with E-state index in [1.165, 1.54) is 0 Å². The molecule has 114 valence electrons. The van der Waals surface area contributed by atoms with E-state index >= 15 is 0 Å². The molecule has 0 saturated heterocycles. The van der Waals surface area contributed by atoms with E-state index in [0.717, 1.165) is 12.0 Å². The first-order chi connectivity index (χ1) is 9.55. The minimum Gasteiger partial charge on any atom is -0.399 e. The van der Waals surface area contributed by atoms with E-state index in [1.807, 2.05) is 24.3 Å². The fourth-order valence-corrected chi connectivity index (χ4v) is 6.06. The molecule has 0 saturated carbocycles. The maximum Gasteiger partial charge on any atom is 0.511 e. The zero-order valence-electron chi connectivity index (χ0n) is 12.8. The Morgan fingerprint density at radius 2 is 1.75 bits per heavy atom. The predicted molar refractivity (Wildman–Crippen MR) is 83.3 cm³/mol. The lowest BCUT2D eigenvalue weighted by molar-refractivity contribution is 0.0861. The zero-order valence-corrected chi connectivity index (χ0v) is 13.8. The van der Waals surface area contributed by atoms with Gasteiger partial charge in [0.1, 0.15) is 0 Å². The van der Waals surface area contributed by atoms with Gasteiger partial charge in [-0.25, -0.2) is 0 Å². The molecule has 0 aliphatic heterocycles. The van der Waals surface area contributed by atoms with Crippen LogP contribution in [0.2, 0.25) is 0 Å². The van der Waals surface area contributed by atoms with Gasteiger partial charge in [0.25, 0.3) is 0 Å². The molecule has 0 radical (unpaired) electrons. The molecule has 1 aromatic carbocycles. The maximum absolute atomic E-state index is 5.94. The topological polar surface area (TPSA) is 79.7 Å². The highest BCUT2D eigenvalue weighted by Gasteiger charge is 2.59. The van der Waals surface area contributed by atoms with Crippen molar-refractivity contribution in [2.75, 3.05) is 33.6 Å². The van der Waals surface area contributed by atoms with Gasteiger partial charge in [-0.15, -0.1) is 0 Å². The number of anilines is 1. The van der Waals surface area contributed by atoms with Gasteiger partial charge < -0.3 is 24.7 Å². The molecular weight excluding hydrogens is 272 g/mol. The minimum atomic E-state index is -2.92. The molecule has 1 atom stereocenters. The van der Waals surface area contributed by atoms with Crippen LogP contribution in [-0.4, -0.2) is 36.7 Å².